The highest BCUT2D eigenvalue weighted by atomic mass is 32.1. The van der Waals surface area contributed by atoms with E-state index in [1.54, 1.807) is 38.4 Å². The number of Topliss-reactive ketones (excluding diaryl/α,β-unsaturated/α-hetero) is 1. The van der Waals surface area contributed by atoms with Crippen molar-refractivity contribution in [2.75, 3.05) is 7.11 Å². The number of aryl methyl sites for hydroxylation is 1. The molecule has 0 radical (unpaired) electrons. The summed E-state index contributed by atoms with van der Waals surface area (Å²) in [7, 11) is 3.16. The van der Waals surface area contributed by atoms with Gasteiger partial charge in [-0.3, -0.25) is 14.6 Å². The Hall–Kier alpha value is -2.28. The lowest BCUT2D eigenvalue weighted by Gasteiger charge is -2.04. The van der Waals surface area contributed by atoms with Crippen molar-refractivity contribution in [3.63, 3.8) is 0 Å². The Kier molecular flexibility index (Phi) is 4.09. The molecule has 1 aromatic carbocycles. The van der Waals surface area contributed by atoms with Crippen LogP contribution in [0.15, 0.2) is 29.1 Å². The summed E-state index contributed by atoms with van der Waals surface area (Å²) < 4.78 is 6.59. The van der Waals surface area contributed by atoms with Crippen LogP contribution < -0.4 is 10.3 Å². The van der Waals surface area contributed by atoms with Crippen LogP contribution in [0.4, 0.5) is 0 Å². The first-order valence-corrected chi connectivity index (χ1v) is 6.26. The predicted molar refractivity (Wildman–Crippen MR) is 75.7 cm³/mol. The molecule has 0 unspecified atom stereocenters. The van der Waals surface area contributed by atoms with Gasteiger partial charge in [0.25, 0.3) is 5.56 Å². The lowest BCUT2D eigenvalue weighted by atomic mass is 10.1. The minimum Gasteiger partial charge on any atom is -0.497 e. The smallest absolute Gasteiger partial charge is 0.274 e. The van der Waals surface area contributed by atoms with Gasteiger partial charge in [-0.05, 0) is 36.5 Å². The molecule has 1 heterocycles. The van der Waals surface area contributed by atoms with Crippen molar-refractivity contribution in [1.82, 2.24) is 14.8 Å². The fourth-order valence-corrected chi connectivity index (χ4v) is 1.80. The molecule has 2 aromatic rings. The van der Waals surface area contributed by atoms with Gasteiger partial charge >= 0.3 is 0 Å². The number of H-pyrrole nitrogens is 1. The molecule has 104 valence electrons. The number of benzene rings is 1. The van der Waals surface area contributed by atoms with Crippen molar-refractivity contribution in [3.8, 4) is 5.75 Å². The molecule has 0 bridgehead atoms. The van der Waals surface area contributed by atoms with E-state index in [4.69, 9.17) is 17.0 Å². The number of nitrogens with zero attached hydrogens (tertiary/aromatic N) is 2. The summed E-state index contributed by atoms with van der Waals surface area (Å²) in [5.41, 5.74) is 0.203. The standard InChI is InChI=1S/C13H13N3O3S/c1-16-13(20)14-12(18)10(15-16)7-11(17)8-3-5-9(19-2)6-4-8/h3-6H,7H2,1-2H3,(H,14,18,20). The van der Waals surface area contributed by atoms with Crippen LogP contribution in [0.3, 0.4) is 0 Å². The number of aromatic nitrogens is 3. The number of aromatic amines is 1. The van der Waals surface area contributed by atoms with Crippen molar-refractivity contribution in [2.24, 2.45) is 7.05 Å². The third-order valence-electron chi connectivity index (χ3n) is 2.79. The number of nitrogens with one attached hydrogen (secondary N) is 1. The van der Waals surface area contributed by atoms with E-state index >= 15 is 0 Å². The largest absolute Gasteiger partial charge is 0.497 e. The zero-order valence-electron chi connectivity index (χ0n) is 11.0. The Morgan fingerprint density at radius 1 is 1.40 bits per heavy atom. The van der Waals surface area contributed by atoms with E-state index in [-0.39, 0.29) is 22.7 Å². The number of ketones is 1. The summed E-state index contributed by atoms with van der Waals surface area (Å²) in [6.45, 7) is 0. The Morgan fingerprint density at radius 3 is 2.65 bits per heavy atom. The Labute approximate surface area is 120 Å². The van der Waals surface area contributed by atoms with Crippen LogP contribution in [-0.2, 0) is 13.5 Å². The predicted octanol–water partition coefficient (Wildman–Crippen LogP) is 1.27. The van der Waals surface area contributed by atoms with Gasteiger partial charge in [0.05, 0.1) is 13.5 Å². The molecule has 0 fully saturated rings. The topological polar surface area (TPSA) is 77.0 Å². The van der Waals surface area contributed by atoms with E-state index in [1.165, 1.54) is 4.68 Å². The third-order valence-corrected chi connectivity index (χ3v) is 3.15. The van der Waals surface area contributed by atoms with Gasteiger partial charge in [0.1, 0.15) is 11.4 Å². The second-order valence-corrected chi connectivity index (χ2v) is 4.54. The van der Waals surface area contributed by atoms with E-state index in [9.17, 15) is 9.59 Å². The molecular formula is C13H13N3O3S. The molecule has 1 N–H and O–H groups in total. The molecule has 1 aromatic heterocycles. The highest BCUT2D eigenvalue weighted by Gasteiger charge is 2.12. The normalized spacial score (nSPS) is 10.3. The van der Waals surface area contributed by atoms with Crippen molar-refractivity contribution in [3.05, 3.63) is 50.6 Å². The molecule has 0 spiro atoms. The van der Waals surface area contributed by atoms with Crippen LogP contribution in [0.2, 0.25) is 0 Å². The Morgan fingerprint density at radius 2 is 2.05 bits per heavy atom. The molecule has 0 saturated carbocycles. The summed E-state index contributed by atoms with van der Waals surface area (Å²) in [6.07, 6.45) is -0.0783. The zero-order valence-corrected chi connectivity index (χ0v) is 11.9. The third kappa shape index (κ3) is 3.00. The number of ether oxygens (including phenoxy) is 1. The Bertz CT molecular complexity index is 747. The zero-order chi connectivity index (χ0) is 14.7. The molecule has 0 aliphatic rings. The van der Waals surface area contributed by atoms with Crippen LogP contribution >= 0.6 is 12.2 Å². The van der Waals surface area contributed by atoms with Crippen molar-refractivity contribution >= 4 is 18.0 Å². The van der Waals surface area contributed by atoms with Gasteiger partial charge in [-0.2, -0.15) is 5.10 Å². The summed E-state index contributed by atoms with van der Waals surface area (Å²) in [5.74, 6) is 0.474. The van der Waals surface area contributed by atoms with Crippen molar-refractivity contribution in [1.29, 1.82) is 0 Å². The maximum absolute atomic E-state index is 12.1. The molecule has 0 amide bonds. The lowest BCUT2D eigenvalue weighted by Crippen LogP contribution is -2.23. The highest BCUT2D eigenvalue weighted by Crippen LogP contribution is 2.12. The van der Waals surface area contributed by atoms with Gasteiger partial charge in [0, 0.05) is 12.6 Å². The average Bonchev–Trinajstić information content (AvgIpc) is 2.44. The van der Waals surface area contributed by atoms with Crippen LogP contribution in [-0.4, -0.2) is 27.7 Å². The van der Waals surface area contributed by atoms with Gasteiger partial charge < -0.3 is 4.74 Å². The van der Waals surface area contributed by atoms with Gasteiger partial charge in [0.2, 0.25) is 0 Å². The minimum atomic E-state index is -0.435. The first-order valence-electron chi connectivity index (χ1n) is 5.85. The van der Waals surface area contributed by atoms with Crippen molar-refractivity contribution < 1.29 is 9.53 Å². The van der Waals surface area contributed by atoms with Crippen LogP contribution in [0, 0.1) is 4.77 Å². The van der Waals surface area contributed by atoms with Crippen LogP contribution in [0.1, 0.15) is 16.1 Å². The van der Waals surface area contributed by atoms with E-state index in [2.05, 4.69) is 10.1 Å². The number of carbonyl (C=O) groups excluding carboxylic acids is 1. The first-order chi connectivity index (χ1) is 9.51. The molecule has 6 nitrogen and oxygen atoms in total. The maximum atomic E-state index is 12.1. The quantitative estimate of drug-likeness (QED) is 0.678. The number of rotatable bonds is 4. The minimum absolute atomic E-state index is 0.0783. The maximum Gasteiger partial charge on any atom is 0.274 e. The number of carbonyl (C=O) groups is 1. The molecule has 0 aliphatic carbocycles. The van der Waals surface area contributed by atoms with Gasteiger partial charge in [0.15, 0.2) is 10.6 Å². The summed E-state index contributed by atoms with van der Waals surface area (Å²) >= 11 is 4.88. The number of hydrogen-bond acceptors (Lipinski definition) is 5. The van der Waals surface area contributed by atoms with Crippen molar-refractivity contribution in [2.45, 2.75) is 6.42 Å². The molecular weight excluding hydrogens is 278 g/mol. The Balaban J connectivity index is 2.25. The van der Waals surface area contributed by atoms with E-state index < -0.39 is 5.56 Å². The van der Waals surface area contributed by atoms with Gasteiger partial charge in [-0.15, -0.1) is 0 Å². The molecule has 0 aliphatic heterocycles. The van der Waals surface area contributed by atoms with Gasteiger partial charge in [-0.25, -0.2) is 4.68 Å². The highest BCUT2D eigenvalue weighted by molar-refractivity contribution is 7.71. The van der Waals surface area contributed by atoms with E-state index in [1.807, 2.05) is 0 Å². The van der Waals surface area contributed by atoms with E-state index in [0.717, 1.165) is 0 Å². The molecule has 7 heteroatoms. The number of methoxy groups -OCH3 is 1. The second-order valence-electron chi connectivity index (χ2n) is 4.16. The summed E-state index contributed by atoms with van der Waals surface area (Å²) in [6, 6.07) is 6.68. The molecule has 0 atom stereocenters. The molecule has 20 heavy (non-hydrogen) atoms. The summed E-state index contributed by atoms with van der Waals surface area (Å²) in [4.78, 5) is 26.3. The van der Waals surface area contributed by atoms with E-state index in [0.29, 0.717) is 11.3 Å². The molecule has 0 saturated heterocycles. The SMILES string of the molecule is COc1ccc(C(=O)Cc2nn(C)c(=S)[nH]c2=O)cc1. The number of hydrogen-bond donors (Lipinski definition) is 1. The average molecular weight is 291 g/mol. The van der Waals surface area contributed by atoms with Gasteiger partial charge in [-0.1, -0.05) is 0 Å². The fraction of sp³-hybridized carbons (Fsp3) is 0.231. The monoisotopic (exact) mass is 291 g/mol. The summed E-state index contributed by atoms with van der Waals surface area (Å²) in [5, 5.41) is 3.99. The van der Waals surface area contributed by atoms with Crippen LogP contribution in [0.25, 0.3) is 0 Å². The lowest BCUT2D eigenvalue weighted by molar-refractivity contribution is 0.0991. The molecule has 2 rings (SSSR count). The first kappa shape index (κ1) is 14.1. The second kappa shape index (κ2) is 5.79. The fourth-order valence-electron chi connectivity index (χ4n) is 1.67. The van der Waals surface area contributed by atoms with Crippen LogP contribution in [0.5, 0.6) is 5.75 Å².